The molecule has 3 saturated heterocycles. The number of rotatable bonds is 4. The van der Waals surface area contributed by atoms with Gasteiger partial charge in [0.1, 0.15) is 16.9 Å². The summed E-state index contributed by atoms with van der Waals surface area (Å²) < 4.78 is 17.9. The van der Waals surface area contributed by atoms with E-state index in [4.69, 9.17) is 18.9 Å². The molecule has 2 aromatic heterocycles. The molecule has 6 rings (SSSR count). The second-order valence-corrected chi connectivity index (χ2v) is 9.10. The van der Waals surface area contributed by atoms with Crippen LogP contribution in [0.15, 0.2) is 28.1 Å². The molecule has 0 aliphatic carbocycles. The van der Waals surface area contributed by atoms with Crippen molar-refractivity contribution in [1.29, 1.82) is 0 Å². The Kier molecular flexibility index (Phi) is 4.50. The molecule has 3 unspecified atom stereocenters. The summed E-state index contributed by atoms with van der Waals surface area (Å²) >= 11 is 1.54. The van der Waals surface area contributed by atoms with E-state index in [1.165, 1.54) is 0 Å². The molecule has 9 nitrogen and oxygen atoms in total. The van der Waals surface area contributed by atoms with Crippen LogP contribution >= 0.6 is 11.3 Å². The first kappa shape index (κ1) is 18.9. The molecule has 3 atom stereocenters. The van der Waals surface area contributed by atoms with Gasteiger partial charge in [-0.3, -0.25) is 4.90 Å². The van der Waals surface area contributed by atoms with Crippen LogP contribution in [0.5, 0.6) is 5.75 Å². The highest BCUT2D eigenvalue weighted by Crippen LogP contribution is 2.40. The minimum Gasteiger partial charge on any atom is -0.486 e. The molecular weight excluding hydrogens is 420 g/mol. The highest BCUT2D eigenvalue weighted by atomic mass is 32.1. The number of piperazine rings is 1. The second-order valence-electron chi connectivity index (χ2n) is 8.21. The molecule has 0 spiro atoms. The number of benzene rings is 1. The van der Waals surface area contributed by atoms with Crippen LogP contribution in [0.3, 0.4) is 0 Å². The maximum absolute atomic E-state index is 11.6. The lowest BCUT2D eigenvalue weighted by atomic mass is 10.2. The van der Waals surface area contributed by atoms with Gasteiger partial charge >= 0.3 is 6.09 Å². The summed E-state index contributed by atoms with van der Waals surface area (Å²) in [7, 11) is 0. The van der Waals surface area contributed by atoms with Crippen molar-refractivity contribution in [3.05, 3.63) is 23.7 Å². The maximum Gasteiger partial charge on any atom is 0.407 e. The lowest BCUT2D eigenvalue weighted by Gasteiger charge is -2.38. The van der Waals surface area contributed by atoms with Crippen molar-refractivity contribution in [2.45, 2.75) is 37.5 Å². The summed E-state index contributed by atoms with van der Waals surface area (Å²) in [6.45, 7) is 2.43. The van der Waals surface area contributed by atoms with Gasteiger partial charge < -0.3 is 23.9 Å². The Morgan fingerprint density at radius 2 is 2.06 bits per heavy atom. The van der Waals surface area contributed by atoms with E-state index in [0.29, 0.717) is 49.2 Å². The van der Waals surface area contributed by atoms with Gasteiger partial charge in [-0.2, -0.15) is 4.98 Å². The maximum atomic E-state index is 11.6. The monoisotopic (exact) mass is 442 g/mol. The minimum atomic E-state index is -0.842. The van der Waals surface area contributed by atoms with E-state index in [-0.39, 0.29) is 18.2 Å². The first-order valence-corrected chi connectivity index (χ1v) is 11.4. The quantitative estimate of drug-likeness (QED) is 0.656. The molecule has 0 radical (unpaired) electrons. The van der Waals surface area contributed by atoms with E-state index in [0.717, 1.165) is 29.8 Å². The molecule has 3 fully saturated rings. The molecule has 2 bridgehead atoms. The van der Waals surface area contributed by atoms with Crippen LogP contribution in [-0.4, -0.2) is 70.6 Å². The zero-order valence-electron chi connectivity index (χ0n) is 16.8. The number of anilines is 1. The molecular formula is C21H22N4O5S. The zero-order chi connectivity index (χ0) is 20.9. The SMILES string of the molecule is O=C(O)N1C2CCC1CN(c1nc3c(OC4CCOC4)ccc(-c4nccs4)c3o1)C2. The fraction of sp³-hybridized carbons (Fsp3) is 0.476. The van der Waals surface area contributed by atoms with Gasteiger partial charge in [0.2, 0.25) is 0 Å². The number of hydrogen-bond acceptors (Lipinski definition) is 8. The normalized spacial score (nSPS) is 25.5. The number of thiazole rings is 1. The number of amides is 1. The Hall–Kier alpha value is -2.85. The first-order valence-electron chi connectivity index (χ1n) is 10.5. The van der Waals surface area contributed by atoms with E-state index in [2.05, 4.69) is 9.88 Å². The second kappa shape index (κ2) is 7.38. The molecule has 10 heteroatoms. The topological polar surface area (TPSA) is 101 Å². The third-order valence-electron chi connectivity index (χ3n) is 6.31. The number of fused-ring (bicyclic) bond motifs is 3. The summed E-state index contributed by atoms with van der Waals surface area (Å²) in [5, 5.41) is 12.3. The van der Waals surface area contributed by atoms with Crippen molar-refractivity contribution in [2.24, 2.45) is 0 Å². The third kappa shape index (κ3) is 3.21. The molecule has 0 saturated carbocycles. The number of ether oxygens (including phenoxy) is 2. The van der Waals surface area contributed by atoms with Gasteiger partial charge in [-0.1, -0.05) is 0 Å². The van der Waals surface area contributed by atoms with Crippen LogP contribution in [0.1, 0.15) is 19.3 Å². The van der Waals surface area contributed by atoms with Crippen LogP contribution < -0.4 is 9.64 Å². The largest absolute Gasteiger partial charge is 0.486 e. The number of hydrogen-bond donors (Lipinski definition) is 1. The average Bonchev–Trinajstić information content (AvgIpc) is 3.55. The van der Waals surface area contributed by atoms with Crippen LogP contribution in [0.2, 0.25) is 0 Å². The zero-order valence-corrected chi connectivity index (χ0v) is 17.6. The number of aromatic nitrogens is 2. The first-order chi connectivity index (χ1) is 15.2. The lowest BCUT2D eigenvalue weighted by molar-refractivity contribution is 0.114. The molecule has 1 amide bonds. The number of nitrogens with zero attached hydrogens (tertiary/aromatic N) is 4. The third-order valence-corrected chi connectivity index (χ3v) is 7.12. The molecule has 3 aliphatic rings. The van der Waals surface area contributed by atoms with Crippen LogP contribution in [0.4, 0.5) is 10.8 Å². The highest BCUT2D eigenvalue weighted by Gasteiger charge is 2.44. The van der Waals surface area contributed by atoms with Gasteiger partial charge in [-0.25, -0.2) is 9.78 Å². The minimum absolute atomic E-state index is 0.00372. The van der Waals surface area contributed by atoms with Crippen molar-refractivity contribution in [3.8, 4) is 16.3 Å². The summed E-state index contributed by atoms with van der Waals surface area (Å²) in [6.07, 6.45) is 3.52. The summed E-state index contributed by atoms with van der Waals surface area (Å²) in [6, 6.07) is 4.34. The van der Waals surface area contributed by atoms with Crippen LogP contribution in [-0.2, 0) is 4.74 Å². The van der Waals surface area contributed by atoms with Crippen LogP contribution in [0, 0.1) is 0 Å². The number of oxazole rings is 1. The van der Waals surface area contributed by atoms with Gasteiger partial charge in [0.25, 0.3) is 6.01 Å². The molecule has 162 valence electrons. The Bertz CT molecular complexity index is 1100. The fourth-order valence-electron chi connectivity index (χ4n) is 4.88. The van der Waals surface area contributed by atoms with Gasteiger partial charge in [0, 0.05) is 31.1 Å². The van der Waals surface area contributed by atoms with Crippen molar-refractivity contribution < 1.29 is 23.8 Å². The summed E-state index contributed by atoms with van der Waals surface area (Å²) in [5.74, 6) is 0.674. The fourth-order valence-corrected chi connectivity index (χ4v) is 5.54. The standard InChI is InChI=1S/C21H22N4O5S/c26-21(27)25-12-1-2-13(25)10-24(9-12)20-23-17-16(29-14-5-7-28-11-14)4-3-15(18(17)30-20)19-22-6-8-31-19/h3-4,6,8,12-14H,1-2,5,7,9-11H2,(H,26,27). The van der Waals surface area contributed by atoms with Gasteiger partial charge in [-0.15, -0.1) is 11.3 Å². The Morgan fingerprint density at radius 3 is 2.74 bits per heavy atom. The van der Waals surface area contributed by atoms with Gasteiger partial charge in [-0.05, 0) is 25.0 Å². The predicted molar refractivity (Wildman–Crippen MR) is 114 cm³/mol. The smallest absolute Gasteiger partial charge is 0.407 e. The van der Waals surface area contributed by atoms with E-state index in [9.17, 15) is 9.90 Å². The lowest BCUT2D eigenvalue weighted by Crippen LogP contribution is -2.55. The van der Waals surface area contributed by atoms with Crippen molar-refractivity contribution in [1.82, 2.24) is 14.9 Å². The van der Waals surface area contributed by atoms with Gasteiger partial charge in [0.05, 0.1) is 30.9 Å². The van der Waals surface area contributed by atoms with Crippen molar-refractivity contribution in [3.63, 3.8) is 0 Å². The van der Waals surface area contributed by atoms with Crippen LogP contribution in [0.25, 0.3) is 21.7 Å². The van der Waals surface area contributed by atoms with E-state index in [1.807, 2.05) is 17.5 Å². The summed E-state index contributed by atoms with van der Waals surface area (Å²) in [4.78, 5) is 24.5. The van der Waals surface area contributed by atoms with Crippen molar-refractivity contribution in [2.75, 3.05) is 31.2 Å². The number of carbonyl (C=O) groups is 1. The van der Waals surface area contributed by atoms with Crippen molar-refractivity contribution >= 4 is 34.5 Å². The molecule has 3 aliphatic heterocycles. The molecule has 1 aromatic carbocycles. The Balaban J connectivity index is 1.38. The molecule has 31 heavy (non-hydrogen) atoms. The summed E-state index contributed by atoms with van der Waals surface area (Å²) in [5.41, 5.74) is 2.20. The van der Waals surface area contributed by atoms with E-state index in [1.54, 1.807) is 22.4 Å². The van der Waals surface area contributed by atoms with Gasteiger partial charge in [0.15, 0.2) is 11.1 Å². The Morgan fingerprint density at radius 1 is 1.23 bits per heavy atom. The molecule has 1 N–H and O–H groups in total. The van der Waals surface area contributed by atoms with E-state index < -0.39 is 6.09 Å². The molecule has 3 aromatic rings. The number of carboxylic acid groups (broad SMARTS) is 1. The average molecular weight is 442 g/mol. The molecule has 5 heterocycles. The predicted octanol–water partition coefficient (Wildman–Crippen LogP) is 3.45. The van der Waals surface area contributed by atoms with E-state index >= 15 is 0 Å². The Labute approximate surface area is 182 Å². The highest BCUT2D eigenvalue weighted by molar-refractivity contribution is 7.13.